The van der Waals surface area contributed by atoms with Gasteiger partial charge in [0.25, 0.3) is 0 Å². The van der Waals surface area contributed by atoms with Crippen molar-refractivity contribution >= 4 is 17.8 Å². The van der Waals surface area contributed by atoms with Gasteiger partial charge in [0.15, 0.2) is 0 Å². The Kier molecular flexibility index (Phi) is 3.60. The quantitative estimate of drug-likeness (QED) is 0.922. The SMILES string of the molecule is CNc1nc(N(C)C)nc(N2CCc3ccccc3C2)n1. The predicted octanol–water partition coefficient (Wildman–Crippen LogP) is 1.54. The van der Waals surface area contributed by atoms with Crippen LogP contribution in [0.5, 0.6) is 0 Å². The smallest absolute Gasteiger partial charge is 0.232 e. The van der Waals surface area contributed by atoms with Gasteiger partial charge in [0.2, 0.25) is 17.8 Å². The molecule has 6 heteroatoms. The van der Waals surface area contributed by atoms with Gasteiger partial charge in [-0.1, -0.05) is 24.3 Å². The summed E-state index contributed by atoms with van der Waals surface area (Å²) in [6.07, 6.45) is 1.02. The summed E-state index contributed by atoms with van der Waals surface area (Å²) in [5.74, 6) is 2.00. The third kappa shape index (κ3) is 2.74. The first kappa shape index (κ1) is 13.6. The van der Waals surface area contributed by atoms with Gasteiger partial charge in [0.1, 0.15) is 0 Å². The summed E-state index contributed by atoms with van der Waals surface area (Å²) in [4.78, 5) is 17.5. The second-order valence-corrected chi connectivity index (χ2v) is 5.34. The second-order valence-electron chi connectivity index (χ2n) is 5.34. The first-order valence-electron chi connectivity index (χ1n) is 7.10. The molecule has 0 bridgehead atoms. The molecule has 110 valence electrons. The third-order valence-electron chi connectivity index (χ3n) is 3.65. The van der Waals surface area contributed by atoms with E-state index >= 15 is 0 Å². The summed E-state index contributed by atoms with van der Waals surface area (Å²) in [6, 6.07) is 8.56. The van der Waals surface area contributed by atoms with Crippen LogP contribution in [0.15, 0.2) is 24.3 Å². The van der Waals surface area contributed by atoms with E-state index in [0.717, 1.165) is 25.5 Å². The molecule has 6 nitrogen and oxygen atoms in total. The number of benzene rings is 1. The average Bonchev–Trinajstić information content (AvgIpc) is 2.53. The molecule has 2 heterocycles. The van der Waals surface area contributed by atoms with Gasteiger partial charge in [-0.05, 0) is 17.5 Å². The molecular weight excluding hydrogens is 264 g/mol. The number of rotatable bonds is 3. The van der Waals surface area contributed by atoms with Crippen molar-refractivity contribution < 1.29 is 0 Å². The number of hydrogen-bond donors (Lipinski definition) is 1. The van der Waals surface area contributed by atoms with Crippen LogP contribution < -0.4 is 15.1 Å². The standard InChI is InChI=1S/C15H20N6/c1-16-13-17-14(20(2)3)19-15(18-13)21-9-8-11-6-4-5-7-12(11)10-21/h4-7H,8-10H2,1-3H3,(H,16,17,18,19). The van der Waals surface area contributed by atoms with E-state index in [0.29, 0.717) is 11.9 Å². The van der Waals surface area contributed by atoms with E-state index < -0.39 is 0 Å². The molecule has 1 N–H and O–H groups in total. The van der Waals surface area contributed by atoms with Gasteiger partial charge < -0.3 is 15.1 Å². The van der Waals surface area contributed by atoms with Crippen molar-refractivity contribution in [1.82, 2.24) is 15.0 Å². The van der Waals surface area contributed by atoms with E-state index in [-0.39, 0.29) is 0 Å². The summed E-state index contributed by atoms with van der Waals surface area (Å²) in [6.45, 7) is 1.77. The van der Waals surface area contributed by atoms with Gasteiger partial charge in [-0.25, -0.2) is 0 Å². The lowest BCUT2D eigenvalue weighted by Gasteiger charge is -2.29. The van der Waals surface area contributed by atoms with Crippen LogP contribution in [0.25, 0.3) is 0 Å². The van der Waals surface area contributed by atoms with Crippen LogP contribution in [0.2, 0.25) is 0 Å². The average molecular weight is 284 g/mol. The minimum atomic E-state index is 0.600. The summed E-state index contributed by atoms with van der Waals surface area (Å²) < 4.78 is 0. The van der Waals surface area contributed by atoms with Gasteiger partial charge >= 0.3 is 0 Å². The maximum absolute atomic E-state index is 4.57. The van der Waals surface area contributed by atoms with Crippen molar-refractivity contribution in [3.05, 3.63) is 35.4 Å². The third-order valence-corrected chi connectivity index (χ3v) is 3.65. The Hall–Kier alpha value is -2.37. The highest BCUT2D eigenvalue weighted by Gasteiger charge is 2.19. The van der Waals surface area contributed by atoms with Crippen LogP contribution in [0.1, 0.15) is 11.1 Å². The fourth-order valence-electron chi connectivity index (χ4n) is 2.47. The van der Waals surface area contributed by atoms with E-state index in [1.807, 2.05) is 26.0 Å². The van der Waals surface area contributed by atoms with E-state index in [1.54, 1.807) is 0 Å². The Morgan fingerprint density at radius 3 is 2.57 bits per heavy atom. The highest BCUT2D eigenvalue weighted by Crippen LogP contribution is 2.23. The Morgan fingerprint density at radius 2 is 1.86 bits per heavy atom. The number of anilines is 3. The molecule has 0 aliphatic carbocycles. The maximum Gasteiger partial charge on any atom is 0.232 e. The van der Waals surface area contributed by atoms with Crippen molar-refractivity contribution in [3.8, 4) is 0 Å². The predicted molar refractivity (Wildman–Crippen MR) is 84.9 cm³/mol. The summed E-state index contributed by atoms with van der Waals surface area (Å²) >= 11 is 0. The van der Waals surface area contributed by atoms with Gasteiger partial charge in [0.05, 0.1) is 0 Å². The molecule has 0 atom stereocenters. The molecule has 21 heavy (non-hydrogen) atoms. The van der Waals surface area contributed by atoms with Crippen molar-refractivity contribution in [2.45, 2.75) is 13.0 Å². The van der Waals surface area contributed by atoms with Gasteiger partial charge in [-0.3, -0.25) is 0 Å². The van der Waals surface area contributed by atoms with Crippen molar-refractivity contribution in [3.63, 3.8) is 0 Å². The fourth-order valence-corrected chi connectivity index (χ4v) is 2.47. The highest BCUT2D eigenvalue weighted by molar-refractivity contribution is 5.46. The molecule has 2 aromatic rings. The van der Waals surface area contributed by atoms with Crippen LogP contribution >= 0.6 is 0 Å². The lowest BCUT2D eigenvalue weighted by atomic mass is 10.0. The minimum Gasteiger partial charge on any atom is -0.357 e. The van der Waals surface area contributed by atoms with Crippen molar-refractivity contribution in [2.75, 3.05) is 42.8 Å². The molecule has 1 aliphatic rings. The molecule has 0 spiro atoms. The molecule has 0 fully saturated rings. The minimum absolute atomic E-state index is 0.600. The van der Waals surface area contributed by atoms with Crippen molar-refractivity contribution in [1.29, 1.82) is 0 Å². The molecule has 1 aliphatic heterocycles. The van der Waals surface area contributed by atoms with Gasteiger partial charge in [0, 0.05) is 34.2 Å². The number of aromatic nitrogens is 3. The van der Waals surface area contributed by atoms with Crippen LogP contribution in [0.4, 0.5) is 17.8 Å². The molecule has 0 amide bonds. The highest BCUT2D eigenvalue weighted by atomic mass is 15.3. The summed E-state index contributed by atoms with van der Waals surface area (Å²) in [5.41, 5.74) is 2.77. The molecule has 1 aromatic heterocycles. The lowest BCUT2D eigenvalue weighted by Crippen LogP contribution is -2.32. The van der Waals surface area contributed by atoms with Crippen molar-refractivity contribution in [2.24, 2.45) is 0 Å². The zero-order chi connectivity index (χ0) is 14.8. The van der Waals surface area contributed by atoms with E-state index in [9.17, 15) is 0 Å². The number of nitrogens with one attached hydrogen (secondary N) is 1. The summed E-state index contributed by atoms with van der Waals surface area (Å²) in [5, 5.41) is 3.01. The lowest BCUT2D eigenvalue weighted by molar-refractivity contribution is 0.704. The van der Waals surface area contributed by atoms with Crippen LogP contribution in [-0.2, 0) is 13.0 Å². The Labute approximate surface area is 124 Å². The van der Waals surface area contributed by atoms with Gasteiger partial charge in [-0.15, -0.1) is 0 Å². The Bertz CT molecular complexity index is 640. The molecule has 0 saturated heterocycles. The molecule has 1 aromatic carbocycles. The summed E-state index contributed by atoms with van der Waals surface area (Å²) in [7, 11) is 5.69. The second kappa shape index (κ2) is 5.55. The first-order valence-corrected chi connectivity index (χ1v) is 7.10. The van der Waals surface area contributed by atoms with E-state index in [4.69, 9.17) is 0 Å². The Balaban J connectivity index is 1.92. The zero-order valence-corrected chi connectivity index (χ0v) is 12.7. The molecule has 0 radical (unpaired) electrons. The number of hydrogen-bond acceptors (Lipinski definition) is 6. The monoisotopic (exact) mass is 284 g/mol. The first-order chi connectivity index (χ1) is 10.2. The number of fused-ring (bicyclic) bond motifs is 1. The molecular formula is C15H20N6. The number of nitrogens with zero attached hydrogens (tertiary/aromatic N) is 5. The maximum atomic E-state index is 4.57. The Morgan fingerprint density at radius 1 is 1.10 bits per heavy atom. The van der Waals surface area contributed by atoms with E-state index in [2.05, 4.69) is 49.4 Å². The van der Waals surface area contributed by atoms with Crippen LogP contribution in [0, 0.1) is 0 Å². The van der Waals surface area contributed by atoms with E-state index in [1.165, 1.54) is 11.1 Å². The van der Waals surface area contributed by atoms with Crippen LogP contribution in [0.3, 0.4) is 0 Å². The normalized spacial score (nSPS) is 13.8. The molecule has 0 unspecified atom stereocenters. The largest absolute Gasteiger partial charge is 0.357 e. The fraction of sp³-hybridized carbons (Fsp3) is 0.400. The van der Waals surface area contributed by atoms with Gasteiger partial charge in [-0.2, -0.15) is 15.0 Å². The molecule has 3 rings (SSSR count). The topological polar surface area (TPSA) is 57.2 Å². The zero-order valence-electron chi connectivity index (χ0n) is 12.7. The van der Waals surface area contributed by atoms with Crippen LogP contribution in [-0.4, -0.2) is 42.6 Å². The molecule has 0 saturated carbocycles.